The summed E-state index contributed by atoms with van der Waals surface area (Å²) < 4.78 is 5.26. The predicted molar refractivity (Wildman–Crippen MR) is 61.9 cm³/mol. The molecule has 1 unspecified atom stereocenters. The van der Waals surface area contributed by atoms with Crippen molar-refractivity contribution in [2.45, 2.75) is 6.10 Å². The molecular weight excluding hydrogens is 214 g/mol. The zero-order valence-electron chi connectivity index (χ0n) is 8.48. The van der Waals surface area contributed by atoms with Gasteiger partial charge in [-0.3, -0.25) is 4.99 Å². The van der Waals surface area contributed by atoms with Crippen LogP contribution in [-0.4, -0.2) is 19.6 Å². The molecule has 1 rings (SSSR count). The maximum atomic E-state index is 5.87. The highest BCUT2D eigenvalue weighted by Gasteiger charge is 2.09. The summed E-state index contributed by atoms with van der Waals surface area (Å²) in [6.07, 6.45) is -0.175. The van der Waals surface area contributed by atoms with E-state index in [1.807, 2.05) is 18.2 Å². The zero-order chi connectivity index (χ0) is 11.3. The van der Waals surface area contributed by atoms with Crippen LogP contribution in [0.1, 0.15) is 11.7 Å². The molecular formula is C10H14ClN3O. The fourth-order valence-electron chi connectivity index (χ4n) is 1.21. The minimum atomic E-state index is -0.175. The molecule has 0 spiro atoms. The Morgan fingerprint density at radius 1 is 1.53 bits per heavy atom. The van der Waals surface area contributed by atoms with E-state index in [4.69, 9.17) is 27.8 Å². The summed E-state index contributed by atoms with van der Waals surface area (Å²) in [7, 11) is 1.60. The van der Waals surface area contributed by atoms with Gasteiger partial charge in [0.25, 0.3) is 0 Å². The molecule has 0 saturated heterocycles. The van der Waals surface area contributed by atoms with Crippen molar-refractivity contribution in [1.29, 1.82) is 0 Å². The minimum Gasteiger partial charge on any atom is -0.375 e. The van der Waals surface area contributed by atoms with E-state index in [1.165, 1.54) is 0 Å². The predicted octanol–water partition coefficient (Wildman–Crippen LogP) is 1.30. The molecule has 0 radical (unpaired) electrons. The number of rotatable bonds is 4. The normalized spacial score (nSPS) is 12.1. The van der Waals surface area contributed by atoms with Crippen molar-refractivity contribution >= 4 is 17.6 Å². The van der Waals surface area contributed by atoms with Crippen LogP contribution in [0.4, 0.5) is 0 Å². The molecule has 4 nitrogen and oxygen atoms in total. The third kappa shape index (κ3) is 3.77. The Bertz CT molecular complexity index is 350. The molecule has 0 aliphatic rings. The summed E-state index contributed by atoms with van der Waals surface area (Å²) in [6, 6.07) is 7.41. The first-order valence-corrected chi connectivity index (χ1v) is 4.85. The van der Waals surface area contributed by atoms with Crippen molar-refractivity contribution in [2.24, 2.45) is 16.5 Å². The van der Waals surface area contributed by atoms with Crippen LogP contribution in [0, 0.1) is 0 Å². The van der Waals surface area contributed by atoms with Gasteiger partial charge in [-0.2, -0.15) is 0 Å². The first-order chi connectivity index (χ1) is 7.13. The Balaban J connectivity index is 2.78. The Labute approximate surface area is 93.9 Å². The van der Waals surface area contributed by atoms with Crippen LogP contribution in [0.3, 0.4) is 0 Å². The molecule has 15 heavy (non-hydrogen) atoms. The average molecular weight is 228 g/mol. The van der Waals surface area contributed by atoms with Crippen LogP contribution in [0.15, 0.2) is 29.3 Å². The molecule has 0 aliphatic heterocycles. The number of nitrogens with zero attached hydrogens (tertiary/aromatic N) is 1. The number of hydrogen-bond donors (Lipinski definition) is 2. The van der Waals surface area contributed by atoms with E-state index in [1.54, 1.807) is 13.2 Å². The lowest BCUT2D eigenvalue weighted by Gasteiger charge is -2.13. The molecule has 0 fully saturated rings. The van der Waals surface area contributed by atoms with Crippen molar-refractivity contribution in [3.05, 3.63) is 34.9 Å². The van der Waals surface area contributed by atoms with E-state index in [-0.39, 0.29) is 12.1 Å². The maximum Gasteiger partial charge on any atom is 0.186 e. The lowest BCUT2D eigenvalue weighted by molar-refractivity contribution is 0.111. The molecule has 1 aromatic carbocycles. The SMILES string of the molecule is COC(CN=C(N)N)c1cccc(Cl)c1. The monoisotopic (exact) mass is 227 g/mol. The van der Waals surface area contributed by atoms with E-state index in [9.17, 15) is 0 Å². The molecule has 5 heteroatoms. The first-order valence-electron chi connectivity index (χ1n) is 4.47. The smallest absolute Gasteiger partial charge is 0.186 e. The van der Waals surface area contributed by atoms with Gasteiger partial charge in [0.1, 0.15) is 6.10 Å². The second-order valence-electron chi connectivity index (χ2n) is 3.04. The highest BCUT2D eigenvalue weighted by atomic mass is 35.5. The topological polar surface area (TPSA) is 73.6 Å². The Morgan fingerprint density at radius 2 is 2.27 bits per heavy atom. The summed E-state index contributed by atoms with van der Waals surface area (Å²) in [6.45, 7) is 0.388. The van der Waals surface area contributed by atoms with Gasteiger partial charge in [-0.25, -0.2) is 0 Å². The van der Waals surface area contributed by atoms with E-state index in [2.05, 4.69) is 4.99 Å². The largest absolute Gasteiger partial charge is 0.375 e. The van der Waals surface area contributed by atoms with E-state index < -0.39 is 0 Å². The third-order valence-corrected chi connectivity index (χ3v) is 2.18. The average Bonchev–Trinajstić information content (AvgIpc) is 2.18. The van der Waals surface area contributed by atoms with Gasteiger partial charge < -0.3 is 16.2 Å². The number of ether oxygens (including phenoxy) is 1. The number of nitrogens with two attached hydrogens (primary N) is 2. The van der Waals surface area contributed by atoms with Gasteiger partial charge in [-0.1, -0.05) is 23.7 Å². The van der Waals surface area contributed by atoms with Gasteiger partial charge in [0.2, 0.25) is 0 Å². The molecule has 1 atom stereocenters. The van der Waals surface area contributed by atoms with Crippen molar-refractivity contribution < 1.29 is 4.74 Å². The van der Waals surface area contributed by atoms with Gasteiger partial charge in [-0.05, 0) is 17.7 Å². The van der Waals surface area contributed by atoms with Crippen molar-refractivity contribution in [3.63, 3.8) is 0 Å². The molecule has 4 N–H and O–H groups in total. The lowest BCUT2D eigenvalue weighted by Crippen LogP contribution is -2.24. The summed E-state index contributed by atoms with van der Waals surface area (Å²) in [4.78, 5) is 3.91. The van der Waals surface area contributed by atoms with E-state index in [0.29, 0.717) is 11.6 Å². The van der Waals surface area contributed by atoms with Gasteiger partial charge in [0.15, 0.2) is 5.96 Å². The van der Waals surface area contributed by atoms with Crippen LogP contribution >= 0.6 is 11.6 Å². The Kier molecular flexibility index (Phi) is 4.39. The van der Waals surface area contributed by atoms with Crippen LogP contribution in [0.5, 0.6) is 0 Å². The zero-order valence-corrected chi connectivity index (χ0v) is 9.24. The third-order valence-electron chi connectivity index (χ3n) is 1.94. The molecule has 0 bridgehead atoms. The van der Waals surface area contributed by atoms with Gasteiger partial charge in [-0.15, -0.1) is 0 Å². The summed E-state index contributed by atoms with van der Waals surface area (Å²) in [5, 5.41) is 0.666. The number of guanidine groups is 1. The van der Waals surface area contributed by atoms with Gasteiger partial charge >= 0.3 is 0 Å². The van der Waals surface area contributed by atoms with Crippen molar-refractivity contribution in [1.82, 2.24) is 0 Å². The molecule has 0 amide bonds. The molecule has 0 heterocycles. The molecule has 1 aromatic rings. The summed E-state index contributed by atoms with van der Waals surface area (Å²) >= 11 is 5.87. The van der Waals surface area contributed by atoms with Crippen LogP contribution in [0.25, 0.3) is 0 Å². The van der Waals surface area contributed by atoms with Crippen molar-refractivity contribution in [3.8, 4) is 0 Å². The fraction of sp³-hybridized carbons (Fsp3) is 0.300. The summed E-state index contributed by atoms with van der Waals surface area (Å²) in [5.74, 6) is 0.0547. The molecule has 0 saturated carbocycles. The highest BCUT2D eigenvalue weighted by molar-refractivity contribution is 6.30. The van der Waals surface area contributed by atoms with Gasteiger partial charge in [0, 0.05) is 12.1 Å². The quantitative estimate of drug-likeness (QED) is 0.602. The molecule has 82 valence electrons. The first kappa shape index (κ1) is 11.8. The Hall–Kier alpha value is -1.26. The summed E-state index contributed by atoms with van der Waals surface area (Å²) in [5.41, 5.74) is 11.5. The van der Waals surface area contributed by atoms with Crippen LogP contribution in [-0.2, 0) is 4.74 Å². The second kappa shape index (κ2) is 5.58. The van der Waals surface area contributed by atoms with Gasteiger partial charge in [0.05, 0.1) is 6.54 Å². The lowest BCUT2D eigenvalue weighted by atomic mass is 10.1. The highest BCUT2D eigenvalue weighted by Crippen LogP contribution is 2.20. The number of halogens is 1. The second-order valence-corrected chi connectivity index (χ2v) is 3.48. The van der Waals surface area contributed by atoms with Crippen LogP contribution < -0.4 is 11.5 Å². The fourth-order valence-corrected chi connectivity index (χ4v) is 1.41. The molecule has 0 aromatic heterocycles. The Morgan fingerprint density at radius 3 is 2.80 bits per heavy atom. The minimum absolute atomic E-state index is 0.0547. The van der Waals surface area contributed by atoms with E-state index in [0.717, 1.165) is 5.56 Å². The van der Waals surface area contributed by atoms with Crippen LogP contribution in [0.2, 0.25) is 5.02 Å². The number of hydrogen-bond acceptors (Lipinski definition) is 2. The number of methoxy groups -OCH3 is 1. The maximum absolute atomic E-state index is 5.87. The van der Waals surface area contributed by atoms with E-state index >= 15 is 0 Å². The number of aliphatic imine (C=N–C) groups is 1. The standard InChI is InChI=1S/C10H14ClN3O/c1-15-9(6-14-10(12)13)7-3-2-4-8(11)5-7/h2-5,9H,6H2,1H3,(H4,12,13,14). The molecule has 0 aliphatic carbocycles. The number of benzene rings is 1. The van der Waals surface area contributed by atoms with Crippen molar-refractivity contribution in [2.75, 3.05) is 13.7 Å².